The minimum Gasteiger partial charge on any atom is -0.387 e. The molecule has 0 saturated heterocycles. The molecule has 2 aromatic carbocycles. The molecule has 3 aromatic rings. The average Bonchev–Trinajstić information content (AvgIpc) is 3.10. The van der Waals surface area contributed by atoms with Gasteiger partial charge in [0.25, 0.3) is 0 Å². The fourth-order valence-electron chi connectivity index (χ4n) is 2.53. The van der Waals surface area contributed by atoms with Crippen molar-refractivity contribution in [2.24, 2.45) is 0 Å². The molecule has 136 valence electrons. The third-order valence-corrected chi connectivity index (χ3v) is 5.10. The van der Waals surface area contributed by atoms with E-state index in [1.807, 2.05) is 35.7 Å². The molecule has 0 fully saturated rings. The molecule has 0 aliphatic heterocycles. The Hall–Kier alpha value is -2.92. The summed E-state index contributed by atoms with van der Waals surface area (Å²) < 4.78 is 1.03. The van der Waals surface area contributed by atoms with Gasteiger partial charge in [-0.2, -0.15) is 5.26 Å². The number of aliphatic hydroxyl groups excluding tert-OH is 1. The van der Waals surface area contributed by atoms with Gasteiger partial charge < -0.3 is 15.7 Å². The molecule has 0 bridgehead atoms. The highest BCUT2D eigenvalue weighted by atomic mass is 35.5. The van der Waals surface area contributed by atoms with Crippen molar-refractivity contribution in [1.29, 1.82) is 5.26 Å². The van der Waals surface area contributed by atoms with E-state index < -0.39 is 17.9 Å². The summed E-state index contributed by atoms with van der Waals surface area (Å²) in [5, 5.41) is 27.2. The largest absolute Gasteiger partial charge is 0.387 e. The number of hydrogen-bond acceptors (Lipinski definition) is 5. The minimum absolute atomic E-state index is 0.117. The first-order chi connectivity index (χ1) is 13.0. The Balaban J connectivity index is 1.63. The molecule has 1 aromatic heterocycles. The van der Waals surface area contributed by atoms with Crippen LogP contribution in [0.1, 0.15) is 17.2 Å². The van der Waals surface area contributed by atoms with Crippen LogP contribution in [0, 0.1) is 11.3 Å². The molecular weight excluding hydrogens is 386 g/mol. The fourth-order valence-corrected chi connectivity index (χ4v) is 3.71. The van der Waals surface area contributed by atoms with Gasteiger partial charge in [0.15, 0.2) is 0 Å². The maximum absolute atomic E-state index is 12.0. The standard InChI is InChI=1S/C19H14ClN3O3S/c20-12-6-5-11(8-21)15(7-12)23-19(26)18(25)22-9-16(24)14-10-27-17-4-2-1-3-13(14)17/h1-7,10,16,24H,9H2,(H,22,25)(H,23,26). The van der Waals surface area contributed by atoms with Gasteiger partial charge in [-0.25, -0.2) is 0 Å². The summed E-state index contributed by atoms with van der Waals surface area (Å²) in [7, 11) is 0. The highest BCUT2D eigenvalue weighted by Crippen LogP contribution is 2.29. The lowest BCUT2D eigenvalue weighted by Gasteiger charge is -2.12. The normalized spacial score (nSPS) is 11.6. The van der Waals surface area contributed by atoms with E-state index in [1.165, 1.54) is 29.5 Å². The number of nitriles is 1. The van der Waals surface area contributed by atoms with Gasteiger partial charge in [0.1, 0.15) is 6.07 Å². The Morgan fingerprint density at radius 3 is 2.78 bits per heavy atom. The molecule has 1 unspecified atom stereocenters. The van der Waals surface area contributed by atoms with E-state index in [0.29, 0.717) is 10.6 Å². The van der Waals surface area contributed by atoms with Crippen LogP contribution in [0.15, 0.2) is 47.8 Å². The Bertz CT molecular complexity index is 1060. The second-order valence-electron chi connectivity index (χ2n) is 5.67. The summed E-state index contributed by atoms with van der Waals surface area (Å²) in [5.41, 5.74) is 1.03. The van der Waals surface area contributed by atoms with E-state index in [9.17, 15) is 14.7 Å². The maximum Gasteiger partial charge on any atom is 0.313 e. The SMILES string of the molecule is N#Cc1ccc(Cl)cc1NC(=O)C(=O)NCC(O)c1csc2ccccc12. The Morgan fingerprint density at radius 1 is 1.22 bits per heavy atom. The van der Waals surface area contributed by atoms with Gasteiger partial charge in [-0.3, -0.25) is 9.59 Å². The van der Waals surface area contributed by atoms with Crippen molar-refractivity contribution < 1.29 is 14.7 Å². The number of benzene rings is 2. The molecule has 0 aliphatic rings. The minimum atomic E-state index is -0.948. The first-order valence-corrected chi connectivity index (χ1v) is 9.18. The monoisotopic (exact) mass is 399 g/mol. The van der Waals surface area contributed by atoms with Gasteiger partial charge in [-0.1, -0.05) is 29.8 Å². The summed E-state index contributed by atoms with van der Waals surface area (Å²) >= 11 is 7.35. The zero-order valence-corrected chi connectivity index (χ0v) is 15.5. The molecule has 1 atom stereocenters. The van der Waals surface area contributed by atoms with Crippen LogP contribution >= 0.6 is 22.9 Å². The number of carbonyl (C=O) groups is 2. The molecule has 3 rings (SSSR count). The zero-order chi connectivity index (χ0) is 19.4. The number of aliphatic hydroxyl groups is 1. The van der Waals surface area contributed by atoms with E-state index in [2.05, 4.69) is 10.6 Å². The second kappa shape index (κ2) is 8.18. The number of carbonyl (C=O) groups excluding carboxylic acids is 2. The predicted octanol–water partition coefficient (Wildman–Crippen LogP) is 3.21. The second-order valence-corrected chi connectivity index (χ2v) is 7.02. The van der Waals surface area contributed by atoms with Crippen LogP contribution in [0.2, 0.25) is 5.02 Å². The van der Waals surface area contributed by atoms with Crippen molar-refractivity contribution in [2.75, 3.05) is 11.9 Å². The van der Waals surface area contributed by atoms with Crippen LogP contribution in [0.5, 0.6) is 0 Å². The molecule has 0 saturated carbocycles. The number of thiophene rings is 1. The number of nitrogens with zero attached hydrogens (tertiary/aromatic N) is 1. The van der Waals surface area contributed by atoms with Gasteiger partial charge >= 0.3 is 11.8 Å². The van der Waals surface area contributed by atoms with E-state index in [0.717, 1.165) is 10.1 Å². The van der Waals surface area contributed by atoms with Crippen LogP contribution < -0.4 is 10.6 Å². The van der Waals surface area contributed by atoms with Gasteiger partial charge in [-0.15, -0.1) is 11.3 Å². The van der Waals surface area contributed by atoms with Crippen molar-refractivity contribution in [1.82, 2.24) is 5.32 Å². The van der Waals surface area contributed by atoms with Crippen LogP contribution in [-0.2, 0) is 9.59 Å². The van der Waals surface area contributed by atoms with Gasteiger partial charge in [0, 0.05) is 21.8 Å². The number of hydrogen-bond donors (Lipinski definition) is 3. The smallest absolute Gasteiger partial charge is 0.313 e. The molecule has 0 spiro atoms. The number of rotatable bonds is 4. The number of nitrogens with one attached hydrogen (secondary N) is 2. The maximum atomic E-state index is 12.0. The third kappa shape index (κ3) is 4.26. The average molecular weight is 400 g/mol. The highest BCUT2D eigenvalue weighted by Gasteiger charge is 2.19. The first kappa shape index (κ1) is 18.9. The molecule has 0 aliphatic carbocycles. The van der Waals surface area contributed by atoms with Crippen molar-refractivity contribution >= 4 is 50.5 Å². The van der Waals surface area contributed by atoms with Crippen molar-refractivity contribution in [2.45, 2.75) is 6.10 Å². The summed E-state index contributed by atoms with van der Waals surface area (Å²) in [6, 6.07) is 13.9. The van der Waals surface area contributed by atoms with E-state index in [4.69, 9.17) is 16.9 Å². The molecule has 3 N–H and O–H groups in total. The van der Waals surface area contributed by atoms with Crippen molar-refractivity contribution in [3.8, 4) is 6.07 Å². The van der Waals surface area contributed by atoms with Crippen molar-refractivity contribution in [3.05, 3.63) is 64.0 Å². The topological polar surface area (TPSA) is 102 Å². The Morgan fingerprint density at radius 2 is 2.00 bits per heavy atom. The highest BCUT2D eigenvalue weighted by molar-refractivity contribution is 7.17. The molecular formula is C19H14ClN3O3S. The molecule has 8 heteroatoms. The molecule has 2 amide bonds. The first-order valence-electron chi connectivity index (χ1n) is 7.92. The Kier molecular flexibility index (Phi) is 5.72. The summed E-state index contributed by atoms with van der Waals surface area (Å²) in [5.74, 6) is -1.87. The molecule has 1 heterocycles. The van der Waals surface area contributed by atoms with E-state index >= 15 is 0 Å². The van der Waals surface area contributed by atoms with Gasteiger partial charge in [0.05, 0.1) is 17.4 Å². The Labute approximate surface area is 164 Å². The lowest BCUT2D eigenvalue weighted by molar-refractivity contribution is -0.136. The lowest BCUT2D eigenvalue weighted by Crippen LogP contribution is -2.37. The number of amides is 2. The summed E-state index contributed by atoms with van der Waals surface area (Å²) in [6.07, 6.45) is -0.946. The molecule has 27 heavy (non-hydrogen) atoms. The lowest BCUT2D eigenvalue weighted by atomic mass is 10.1. The quantitative estimate of drug-likeness (QED) is 0.586. The summed E-state index contributed by atoms with van der Waals surface area (Å²) in [4.78, 5) is 24.1. The fraction of sp³-hybridized carbons (Fsp3) is 0.105. The van der Waals surface area contributed by atoms with Crippen molar-refractivity contribution in [3.63, 3.8) is 0 Å². The van der Waals surface area contributed by atoms with Crippen LogP contribution in [-0.4, -0.2) is 23.5 Å². The molecule has 0 radical (unpaired) electrons. The van der Waals surface area contributed by atoms with Gasteiger partial charge in [0.2, 0.25) is 0 Å². The zero-order valence-electron chi connectivity index (χ0n) is 13.9. The predicted molar refractivity (Wildman–Crippen MR) is 105 cm³/mol. The third-order valence-electron chi connectivity index (χ3n) is 3.88. The van der Waals surface area contributed by atoms with Crippen LogP contribution in [0.25, 0.3) is 10.1 Å². The number of fused-ring (bicyclic) bond motifs is 1. The van der Waals surface area contributed by atoms with Crippen LogP contribution in [0.3, 0.4) is 0 Å². The summed E-state index contributed by atoms with van der Waals surface area (Å²) in [6.45, 7) is -0.117. The van der Waals surface area contributed by atoms with Crippen LogP contribution in [0.4, 0.5) is 5.69 Å². The number of anilines is 1. The molecule has 6 nitrogen and oxygen atoms in total. The van der Waals surface area contributed by atoms with E-state index in [1.54, 1.807) is 0 Å². The van der Waals surface area contributed by atoms with Gasteiger partial charge in [-0.05, 0) is 35.0 Å². The van der Waals surface area contributed by atoms with E-state index in [-0.39, 0.29) is 17.8 Å². The number of halogens is 1.